The van der Waals surface area contributed by atoms with Gasteiger partial charge in [0.2, 0.25) is 0 Å². The molecule has 0 saturated carbocycles. The van der Waals surface area contributed by atoms with Crippen LogP contribution in [-0.4, -0.2) is 31.5 Å². The van der Waals surface area contributed by atoms with E-state index >= 15 is 0 Å². The standard InChI is InChI=1S/C10H13FN4/c1-14-4-5-15(7-13-14)10-3-2-8(12)6-9(10)11/h2-3,6-7H,4-5,12H2,1H3. The van der Waals surface area contributed by atoms with E-state index in [4.69, 9.17) is 5.73 Å². The van der Waals surface area contributed by atoms with Crippen molar-refractivity contribution in [3.63, 3.8) is 0 Å². The van der Waals surface area contributed by atoms with E-state index in [1.54, 1.807) is 23.4 Å². The topological polar surface area (TPSA) is 44.9 Å². The van der Waals surface area contributed by atoms with Crippen LogP contribution in [0.15, 0.2) is 23.3 Å². The summed E-state index contributed by atoms with van der Waals surface area (Å²) in [7, 11) is 1.88. The molecule has 0 unspecified atom stereocenters. The smallest absolute Gasteiger partial charge is 0.148 e. The number of hydrogen-bond donors (Lipinski definition) is 1. The molecule has 0 atom stereocenters. The Balaban J connectivity index is 2.26. The Kier molecular flexibility index (Phi) is 2.45. The molecule has 1 aliphatic heterocycles. The van der Waals surface area contributed by atoms with E-state index in [1.807, 2.05) is 12.1 Å². The number of halogens is 1. The summed E-state index contributed by atoms with van der Waals surface area (Å²) in [6, 6.07) is 4.67. The Hall–Kier alpha value is -1.78. The highest BCUT2D eigenvalue weighted by atomic mass is 19.1. The first kappa shape index (κ1) is 9.76. The maximum Gasteiger partial charge on any atom is 0.148 e. The van der Waals surface area contributed by atoms with E-state index in [-0.39, 0.29) is 5.82 Å². The van der Waals surface area contributed by atoms with Crippen molar-refractivity contribution in [1.29, 1.82) is 0 Å². The fourth-order valence-corrected chi connectivity index (χ4v) is 1.46. The number of hydrogen-bond acceptors (Lipinski definition) is 4. The molecule has 0 aromatic heterocycles. The number of hydrazone groups is 1. The minimum atomic E-state index is -0.314. The number of likely N-dealkylation sites (N-methyl/N-ethyl adjacent to an activating group) is 1. The molecule has 1 aliphatic rings. The van der Waals surface area contributed by atoms with Crippen LogP contribution >= 0.6 is 0 Å². The van der Waals surface area contributed by atoms with Crippen LogP contribution in [0.25, 0.3) is 0 Å². The largest absolute Gasteiger partial charge is 0.399 e. The van der Waals surface area contributed by atoms with Crippen molar-refractivity contribution in [3.8, 4) is 0 Å². The summed E-state index contributed by atoms with van der Waals surface area (Å²) in [6.45, 7) is 1.50. The average Bonchev–Trinajstić information content (AvgIpc) is 2.20. The molecular weight excluding hydrogens is 195 g/mol. The van der Waals surface area contributed by atoms with Gasteiger partial charge in [0.25, 0.3) is 0 Å². The highest BCUT2D eigenvalue weighted by Crippen LogP contribution is 2.21. The molecular formula is C10H13FN4. The van der Waals surface area contributed by atoms with Gasteiger partial charge in [-0.1, -0.05) is 0 Å². The van der Waals surface area contributed by atoms with E-state index in [0.717, 1.165) is 13.1 Å². The number of rotatable bonds is 1. The third kappa shape index (κ3) is 2.01. The van der Waals surface area contributed by atoms with Gasteiger partial charge in [-0.25, -0.2) is 4.39 Å². The number of benzene rings is 1. The van der Waals surface area contributed by atoms with Crippen molar-refractivity contribution in [3.05, 3.63) is 24.0 Å². The summed E-state index contributed by atoms with van der Waals surface area (Å²) in [5.41, 5.74) is 6.43. The minimum absolute atomic E-state index is 0.314. The highest BCUT2D eigenvalue weighted by molar-refractivity contribution is 5.80. The Morgan fingerprint density at radius 2 is 2.20 bits per heavy atom. The maximum absolute atomic E-state index is 13.5. The van der Waals surface area contributed by atoms with E-state index in [0.29, 0.717) is 11.4 Å². The molecule has 0 amide bonds. The normalized spacial score (nSPS) is 15.9. The van der Waals surface area contributed by atoms with Gasteiger partial charge < -0.3 is 10.6 Å². The van der Waals surface area contributed by atoms with Gasteiger partial charge in [0.15, 0.2) is 0 Å². The van der Waals surface area contributed by atoms with E-state index in [9.17, 15) is 4.39 Å². The summed E-state index contributed by atoms with van der Waals surface area (Å²) in [6.07, 6.45) is 1.62. The van der Waals surface area contributed by atoms with Crippen molar-refractivity contribution in [2.45, 2.75) is 0 Å². The second-order valence-electron chi connectivity index (χ2n) is 3.52. The number of nitrogens with zero attached hydrogens (tertiary/aromatic N) is 3. The van der Waals surface area contributed by atoms with Crippen LogP contribution in [0.4, 0.5) is 15.8 Å². The minimum Gasteiger partial charge on any atom is -0.399 e. The molecule has 0 fully saturated rings. The molecule has 1 aromatic carbocycles. The third-order valence-electron chi connectivity index (χ3n) is 2.33. The zero-order valence-electron chi connectivity index (χ0n) is 8.52. The second kappa shape index (κ2) is 3.76. The van der Waals surface area contributed by atoms with Gasteiger partial charge in [0.1, 0.15) is 12.2 Å². The third-order valence-corrected chi connectivity index (χ3v) is 2.33. The lowest BCUT2D eigenvalue weighted by Gasteiger charge is -2.27. The van der Waals surface area contributed by atoms with Crippen LogP contribution in [0.1, 0.15) is 0 Å². The van der Waals surface area contributed by atoms with Crippen LogP contribution in [-0.2, 0) is 0 Å². The summed E-state index contributed by atoms with van der Waals surface area (Å²) in [5, 5.41) is 5.90. The molecule has 2 N–H and O–H groups in total. The zero-order chi connectivity index (χ0) is 10.8. The van der Waals surface area contributed by atoms with Gasteiger partial charge in [0.05, 0.1) is 12.2 Å². The molecule has 0 bridgehead atoms. The van der Waals surface area contributed by atoms with Gasteiger partial charge >= 0.3 is 0 Å². The molecule has 15 heavy (non-hydrogen) atoms. The number of nitrogen functional groups attached to an aromatic ring is 1. The number of nitrogens with two attached hydrogens (primary N) is 1. The van der Waals surface area contributed by atoms with Crippen molar-refractivity contribution >= 4 is 17.7 Å². The van der Waals surface area contributed by atoms with Crippen LogP contribution < -0.4 is 10.6 Å². The van der Waals surface area contributed by atoms with Crippen molar-refractivity contribution in [2.75, 3.05) is 30.8 Å². The van der Waals surface area contributed by atoms with E-state index < -0.39 is 0 Å². The predicted molar refractivity (Wildman–Crippen MR) is 59.3 cm³/mol. The fraction of sp³-hybridized carbons (Fsp3) is 0.300. The molecule has 2 rings (SSSR count). The lowest BCUT2D eigenvalue weighted by atomic mass is 10.2. The first-order chi connectivity index (χ1) is 7.16. The lowest BCUT2D eigenvalue weighted by Crippen LogP contribution is -2.36. The monoisotopic (exact) mass is 208 g/mol. The van der Waals surface area contributed by atoms with Crippen LogP contribution in [0, 0.1) is 5.82 Å². The quantitative estimate of drug-likeness (QED) is 0.703. The Morgan fingerprint density at radius 3 is 2.80 bits per heavy atom. The summed E-state index contributed by atoms with van der Waals surface area (Å²) >= 11 is 0. The Bertz CT molecular complexity index is 391. The van der Waals surface area contributed by atoms with Crippen molar-refractivity contribution in [1.82, 2.24) is 5.01 Å². The SMILES string of the molecule is CN1CCN(c2ccc(N)cc2F)C=N1. The highest BCUT2D eigenvalue weighted by Gasteiger charge is 2.13. The van der Waals surface area contributed by atoms with Gasteiger partial charge in [0, 0.05) is 19.3 Å². The van der Waals surface area contributed by atoms with Crippen molar-refractivity contribution in [2.24, 2.45) is 5.10 Å². The first-order valence-corrected chi connectivity index (χ1v) is 4.74. The Labute approximate surface area is 87.8 Å². The molecule has 0 spiro atoms. The first-order valence-electron chi connectivity index (χ1n) is 4.74. The predicted octanol–water partition coefficient (Wildman–Crippen LogP) is 1.10. The van der Waals surface area contributed by atoms with Crippen LogP contribution in [0.2, 0.25) is 0 Å². The second-order valence-corrected chi connectivity index (χ2v) is 3.52. The van der Waals surface area contributed by atoms with Gasteiger partial charge in [-0.05, 0) is 18.2 Å². The Morgan fingerprint density at radius 1 is 1.40 bits per heavy atom. The summed E-state index contributed by atoms with van der Waals surface area (Å²) < 4.78 is 13.5. The summed E-state index contributed by atoms with van der Waals surface area (Å²) in [4.78, 5) is 1.77. The molecule has 0 radical (unpaired) electrons. The maximum atomic E-state index is 13.5. The van der Waals surface area contributed by atoms with Crippen LogP contribution in [0.5, 0.6) is 0 Å². The molecule has 1 aromatic rings. The molecule has 1 heterocycles. The van der Waals surface area contributed by atoms with Crippen LogP contribution in [0.3, 0.4) is 0 Å². The summed E-state index contributed by atoms with van der Waals surface area (Å²) in [5.74, 6) is -0.314. The van der Waals surface area contributed by atoms with E-state index in [1.165, 1.54) is 6.07 Å². The van der Waals surface area contributed by atoms with Crippen molar-refractivity contribution < 1.29 is 4.39 Å². The molecule has 5 heteroatoms. The van der Waals surface area contributed by atoms with E-state index in [2.05, 4.69) is 5.10 Å². The lowest BCUT2D eigenvalue weighted by molar-refractivity contribution is 0.353. The molecule has 0 saturated heterocycles. The fourth-order valence-electron chi connectivity index (χ4n) is 1.46. The van der Waals surface area contributed by atoms with Gasteiger partial charge in [-0.2, -0.15) is 5.10 Å². The number of anilines is 2. The van der Waals surface area contributed by atoms with Gasteiger partial charge in [-0.3, -0.25) is 5.01 Å². The van der Waals surface area contributed by atoms with Gasteiger partial charge in [-0.15, -0.1) is 0 Å². The molecule has 4 nitrogen and oxygen atoms in total. The molecule has 0 aliphatic carbocycles. The average molecular weight is 208 g/mol. The zero-order valence-corrected chi connectivity index (χ0v) is 8.52. The molecule has 80 valence electrons.